The van der Waals surface area contributed by atoms with E-state index in [9.17, 15) is 4.79 Å². The van der Waals surface area contributed by atoms with Gasteiger partial charge in [0.05, 0.1) is 0 Å². The van der Waals surface area contributed by atoms with Gasteiger partial charge in [0.1, 0.15) is 12.1 Å². The van der Waals surface area contributed by atoms with Crippen LogP contribution in [0.1, 0.15) is 29.4 Å². The van der Waals surface area contributed by atoms with Crippen molar-refractivity contribution in [3.8, 4) is 0 Å². The van der Waals surface area contributed by atoms with Crippen LogP contribution in [0, 0.1) is 0 Å². The maximum absolute atomic E-state index is 12.6. The van der Waals surface area contributed by atoms with Crippen molar-refractivity contribution < 1.29 is 4.79 Å². The zero-order valence-corrected chi connectivity index (χ0v) is 14.9. The van der Waals surface area contributed by atoms with Crippen LogP contribution in [-0.2, 0) is 6.42 Å². The Morgan fingerprint density at radius 1 is 1.12 bits per heavy atom. The first-order valence-corrected chi connectivity index (χ1v) is 9.05. The molecule has 0 spiro atoms. The molecule has 2 aromatic heterocycles. The van der Waals surface area contributed by atoms with Gasteiger partial charge in [0.2, 0.25) is 0 Å². The van der Waals surface area contributed by atoms with Gasteiger partial charge >= 0.3 is 0 Å². The monoisotopic (exact) mass is 350 g/mol. The number of benzene rings is 1. The Labute approximate surface area is 152 Å². The van der Waals surface area contributed by atoms with E-state index in [1.54, 1.807) is 6.33 Å². The predicted molar refractivity (Wildman–Crippen MR) is 99.3 cm³/mol. The van der Waals surface area contributed by atoms with Gasteiger partial charge in [-0.15, -0.1) is 10.2 Å². The molecule has 4 rings (SSSR count). The molecule has 1 saturated heterocycles. The number of carbonyl (C=O) groups excluding carboxylic acids is 1. The molecule has 1 amide bonds. The van der Waals surface area contributed by atoms with Crippen LogP contribution in [0.25, 0.3) is 5.78 Å². The van der Waals surface area contributed by atoms with Crippen LogP contribution in [-0.4, -0.2) is 56.6 Å². The lowest BCUT2D eigenvalue weighted by Crippen LogP contribution is -2.49. The lowest BCUT2D eigenvalue weighted by molar-refractivity contribution is 0.0746. The van der Waals surface area contributed by atoms with Crippen molar-refractivity contribution in [1.82, 2.24) is 24.5 Å². The SMILES string of the molecule is CCCc1cc(N2CCN(C(=O)c3ccccc3)CC2)nc2nncn12. The Balaban J connectivity index is 1.49. The molecule has 1 fully saturated rings. The van der Waals surface area contributed by atoms with E-state index in [0.29, 0.717) is 18.9 Å². The number of nitrogens with zero attached hydrogens (tertiary/aromatic N) is 6. The third kappa shape index (κ3) is 3.12. The minimum absolute atomic E-state index is 0.0952. The molecule has 1 aliphatic heterocycles. The van der Waals surface area contributed by atoms with Gasteiger partial charge in [0.25, 0.3) is 11.7 Å². The predicted octanol–water partition coefficient (Wildman–Crippen LogP) is 2.04. The fraction of sp³-hybridized carbons (Fsp3) is 0.368. The number of aromatic nitrogens is 4. The van der Waals surface area contributed by atoms with Crippen molar-refractivity contribution in [2.75, 3.05) is 31.1 Å². The average molecular weight is 350 g/mol. The van der Waals surface area contributed by atoms with Gasteiger partial charge in [-0.05, 0) is 18.6 Å². The molecule has 0 unspecified atom stereocenters. The molecular weight excluding hydrogens is 328 g/mol. The van der Waals surface area contributed by atoms with E-state index in [1.165, 1.54) is 5.69 Å². The normalized spacial score (nSPS) is 14.8. The van der Waals surface area contributed by atoms with Crippen LogP contribution in [0.5, 0.6) is 0 Å². The number of hydrogen-bond donors (Lipinski definition) is 0. The summed E-state index contributed by atoms with van der Waals surface area (Å²) in [5, 5.41) is 8.09. The zero-order chi connectivity index (χ0) is 17.9. The Morgan fingerprint density at radius 2 is 1.88 bits per heavy atom. The van der Waals surface area contributed by atoms with Crippen molar-refractivity contribution in [2.45, 2.75) is 19.8 Å². The summed E-state index contributed by atoms with van der Waals surface area (Å²) in [5.41, 5.74) is 1.91. The van der Waals surface area contributed by atoms with Crippen LogP contribution in [0.15, 0.2) is 42.7 Å². The summed E-state index contributed by atoms with van der Waals surface area (Å²) >= 11 is 0. The van der Waals surface area contributed by atoms with Gasteiger partial charge in [-0.1, -0.05) is 31.5 Å². The summed E-state index contributed by atoms with van der Waals surface area (Å²) in [7, 11) is 0. The van der Waals surface area contributed by atoms with Gasteiger partial charge < -0.3 is 9.80 Å². The fourth-order valence-corrected chi connectivity index (χ4v) is 3.37. The Kier molecular flexibility index (Phi) is 4.51. The molecule has 0 radical (unpaired) electrons. The first kappa shape index (κ1) is 16.5. The number of anilines is 1. The van der Waals surface area contributed by atoms with Crippen LogP contribution >= 0.6 is 0 Å². The van der Waals surface area contributed by atoms with Crippen LogP contribution in [0.4, 0.5) is 5.82 Å². The number of fused-ring (bicyclic) bond motifs is 1. The molecule has 1 aliphatic rings. The fourth-order valence-electron chi connectivity index (χ4n) is 3.37. The lowest BCUT2D eigenvalue weighted by Gasteiger charge is -2.35. The summed E-state index contributed by atoms with van der Waals surface area (Å²) in [6, 6.07) is 11.6. The third-order valence-corrected chi connectivity index (χ3v) is 4.77. The molecule has 26 heavy (non-hydrogen) atoms. The molecule has 0 aliphatic carbocycles. The molecule has 0 atom stereocenters. The number of aryl methyl sites for hydroxylation is 1. The molecule has 7 heteroatoms. The zero-order valence-electron chi connectivity index (χ0n) is 14.9. The molecule has 0 bridgehead atoms. The van der Waals surface area contributed by atoms with Crippen molar-refractivity contribution in [3.05, 3.63) is 54.0 Å². The molecule has 1 aromatic carbocycles. The minimum Gasteiger partial charge on any atom is -0.353 e. The van der Waals surface area contributed by atoms with Gasteiger partial charge in [0.15, 0.2) is 0 Å². The van der Waals surface area contributed by atoms with Crippen LogP contribution in [0.2, 0.25) is 0 Å². The van der Waals surface area contributed by atoms with E-state index in [4.69, 9.17) is 0 Å². The van der Waals surface area contributed by atoms with Crippen molar-refractivity contribution in [3.63, 3.8) is 0 Å². The molecular formula is C19H22N6O. The molecule has 3 aromatic rings. The highest BCUT2D eigenvalue weighted by atomic mass is 16.2. The maximum atomic E-state index is 12.6. The van der Waals surface area contributed by atoms with E-state index in [2.05, 4.69) is 33.1 Å². The third-order valence-electron chi connectivity index (χ3n) is 4.77. The number of hydrogen-bond acceptors (Lipinski definition) is 5. The van der Waals surface area contributed by atoms with Gasteiger partial charge in [0, 0.05) is 43.5 Å². The summed E-state index contributed by atoms with van der Waals surface area (Å²) < 4.78 is 1.95. The molecule has 0 saturated carbocycles. The van der Waals surface area contributed by atoms with E-state index >= 15 is 0 Å². The van der Waals surface area contributed by atoms with Crippen molar-refractivity contribution in [1.29, 1.82) is 0 Å². The summed E-state index contributed by atoms with van der Waals surface area (Å²) in [6.45, 7) is 5.07. The lowest BCUT2D eigenvalue weighted by atomic mass is 10.2. The quantitative estimate of drug-likeness (QED) is 0.720. The molecule has 0 N–H and O–H groups in total. The number of rotatable bonds is 4. The van der Waals surface area contributed by atoms with Crippen LogP contribution < -0.4 is 4.90 Å². The van der Waals surface area contributed by atoms with Crippen molar-refractivity contribution >= 4 is 17.5 Å². The highest BCUT2D eigenvalue weighted by molar-refractivity contribution is 5.94. The number of amides is 1. The number of piperazine rings is 1. The summed E-state index contributed by atoms with van der Waals surface area (Å²) in [5.74, 6) is 1.65. The van der Waals surface area contributed by atoms with E-state index in [-0.39, 0.29) is 5.91 Å². The van der Waals surface area contributed by atoms with E-state index in [0.717, 1.165) is 37.3 Å². The summed E-state index contributed by atoms with van der Waals surface area (Å²) in [4.78, 5) is 21.4. The van der Waals surface area contributed by atoms with Gasteiger partial charge in [-0.2, -0.15) is 4.98 Å². The molecule has 134 valence electrons. The standard InChI is InChI=1S/C19H22N6O/c1-2-6-16-13-17(21-19-22-20-14-25(16)19)23-9-11-24(12-10-23)18(26)15-7-4-3-5-8-15/h3-5,7-8,13-14H,2,6,9-12H2,1H3. The second kappa shape index (κ2) is 7.11. The van der Waals surface area contributed by atoms with E-state index in [1.807, 2.05) is 39.6 Å². The number of carbonyl (C=O) groups is 1. The van der Waals surface area contributed by atoms with Gasteiger partial charge in [-0.25, -0.2) is 0 Å². The summed E-state index contributed by atoms with van der Waals surface area (Å²) in [6.07, 6.45) is 3.72. The van der Waals surface area contributed by atoms with Gasteiger partial charge in [-0.3, -0.25) is 9.20 Å². The minimum atomic E-state index is 0.0952. The highest BCUT2D eigenvalue weighted by Gasteiger charge is 2.23. The largest absolute Gasteiger partial charge is 0.353 e. The Bertz CT molecular complexity index is 899. The first-order valence-electron chi connectivity index (χ1n) is 9.05. The second-order valence-electron chi connectivity index (χ2n) is 6.50. The topological polar surface area (TPSA) is 66.6 Å². The first-order chi connectivity index (χ1) is 12.8. The Morgan fingerprint density at radius 3 is 2.62 bits per heavy atom. The smallest absolute Gasteiger partial charge is 0.256 e. The average Bonchev–Trinajstić information content (AvgIpc) is 3.17. The Hall–Kier alpha value is -2.96. The van der Waals surface area contributed by atoms with E-state index < -0.39 is 0 Å². The maximum Gasteiger partial charge on any atom is 0.256 e. The molecule has 3 heterocycles. The second-order valence-corrected chi connectivity index (χ2v) is 6.50. The van der Waals surface area contributed by atoms with Crippen molar-refractivity contribution in [2.24, 2.45) is 0 Å². The highest BCUT2D eigenvalue weighted by Crippen LogP contribution is 2.19. The van der Waals surface area contributed by atoms with Crippen LogP contribution in [0.3, 0.4) is 0 Å². The molecule has 7 nitrogen and oxygen atoms in total.